The van der Waals surface area contributed by atoms with Crippen molar-refractivity contribution in [1.82, 2.24) is 0 Å². The molecule has 0 nitrogen and oxygen atoms in total. The van der Waals surface area contributed by atoms with Gasteiger partial charge in [0.2, 0.25) is 0 Å². The standard InChI is InChI=1S/C38H26/c1-5-13-33-29(9-1)21-22-30-10-2-6-14-34(30)37(33)25-27-17-19-28(20-18-27)26-38-35-15-7-3-11-31(35)23-24-32-12-4-8-16-36(32)38/h1-26H. The molecule has 0 unspecified atom stereocenters. The number of hydrogen-bond donors (Lipinski definition) is 0. The second-order valence-corrected chi connectivity index (χ2v) is 9.80. The summed E-state index contributed by atoms with van der Waals surface area (Å²) in [6, 6.07) is 43.5. The summed E-state index contributed by atoms with van der Waals surface area (Å²) in [5.74, 6) is 0. The average molecular weight is 483 g/mol. The van der Waals surface area contributed by atoms with E-state index in [-0.39, 0.29) is 0 Å². The SMILES string of the molecule is C1=Cc2ccccc2C(=Cc2ccc(C=C3c4ccccc4C=Cc4ccccc43)cc2)c2ccccc21. The zero-order valence-corrected chi connectivity index (χ0v) is 21.0. The second kappa shape index (κ2) is 9.50. The topological polar surface area (TPSA) is 0 Å². The lowest BCUT2D eigenvalue weighted by Crippen LogP contribution is -1.93. The summed E-state index contributed by atoms with van der Waals surface area (Å²) in [4.78, 5) is 0. The molecule has 178 valence electrons. The van der Waals surface area contributed by atoms with E-state index in [1.54, 1.807) is 0 Å². The lowest BCUT2D eigenvalue weighted by molar-refractivity contribution is 1.52. The van der Waals surface area contributed by atoms with E-state index in [0.717, 1.165) is 0 Å². The molecule has 2 aliphatic carbocycles. The summed E-state index contributed by atoms with van der Waals surface area (Å²) in [7, 11) is 0. The molecule has 5 aromatic carbocycles. The smallest absolute Gasteiger partial charge is 0.00934 e. The molecule has 0 N–H and O–H groups in total. The van der Waals surface area contributed by atoms with E-state index in [1.807, 2.05) is 0 Å². The highest BCUT2D eigenvalue weighted by Crippen LogP contribution is 2.37. The minimum atomic E-state index is 1.19. The van der Waals surface area contributed by atoms with E-state index in [4.69, 9.17) is 0 Å². The molecule has 0 spiro atoms. The van der Waals surface area contributed by atoms with Crippen LogP contribution in [0.15, 0.2) is 121 Å². The minimum Gasteiger partial charge on any atom is -0.0616 e. The Bertz CT molecular complexity index is 1550. The molecule has 38 heavy (non-hydrogen) atoms. The maximum absolute atomic E-state index is 2.32. The quantitative estimate of drug-likeness (QED) is 0.230. The van der Waals surface area contributed by atoms with E-state index in [2.05, 4.69) is 158 Å². The van der Waals surface area contributed by atoms with E-state index < -0.39 is 0 Å². The van der Waals surface area contributed by atoms with Gasteiger partial charge in [-0.3, -0.25) is 0 Å². The Morgan fingerprint density at radius 2 is 0.553 bits per heavy atom. The molecule has 0 aromatic heterocycles. The van der Waals surface area contributed by atoms with Crippen molar-refractivity contribution in [1.29, 1.82) is 0 Å². The molecule has 0 radical (unpaired) electrons. The predicted molar refractivity (Wildman–Crippen MR) is 164 cm³/mol. The van der Waals surface area contributed by atoms with E-state index in [9.17, 15) is 0 Å². The lowest BCUT2D eigenvalue weighted by atomic mass is 9.91. The molecule has 0 heteroatoms. The van der Waals surface area contributed by atoms with Gasteiger partial charge in [0.1, 0.15) is 0 Å². The van der Waals surface area contributed by atoms with Crippen LogP contribution >= 0.6 is 0 Å². The molecule has 7 rings (SSSR count). The van der Waals surface area contributed by atoms with Crippen LogP contribution in [0.1, 0.15) is 55.6 Å². The zero-order valence-electron chi connectivity index (χ0n) is 21.0. The van der Waals surface area contributed by atoms with Gasteiger partial charge in [-0.25, -0.2) is 0 Å². The van der Waals surface area contributed by atoms with Crippen LogP contribution in [0.25, 0.3) is 47.6 Å². The fraction of sp³-hybridized carbons (Fsp3) is 0. The van der Waals surface area contributed by atoms with Crippen LogP contribution in [0.4, 0.5) is 0 Å². The van der Waals surface area contributed by atoms with Crippen molar-refractivity contribution in [2.75, 3.05) is 0 Å². The third-order valence-electron chi connectivity index (χ3n) is 7.45. The Morgan fingerprint density at radius 3 is 0.842 bits per heavy atom. The van der Waals surface area contributed by atoms with Crippen LogP contribution in [-0.2, 0) is 0 Å². The van der Waals surface area contributed by atoms with Gasteiger partial charge < -0.3 is 0 Å². The monoisotopic (exact) mass is 482 g/mol. The third-order valence-corrected chi connectivity index (χ3v) is 7.45. The van der Waals surface area contributed by atoms with Crippen molar-refractivity contribution in [2.24, 2.45) is 0 Å². The number of hydrogen-bond acceptors (Lipinski definition) is 0. The van der Waals surface area contributed by atoms with Crippen LogP contribution in [0.2, 0.25) is 0 Å². The zero-order chi connectivity index (χ0) is 25.3. The molecular weight excluding hydrogens is 456 g/mol. The molecule has 0 atom stereocenters. The van der Waals surface area contributed by atoms with Gasteiger partial charge in [0.15, 0.2) is 0 Å². The first-order valence-corrected chi connectivity index (χ1v) is 13.1. The second-order valence-electron chi connectivity index (χ2n) is 9.80. The van der Waals surface area contributed by atoms with Crippen molar-refractivity contribution in [3.63, 3.8) is 0 Å². The summed E-state index contributed by atoms with van der Waals surface area (Å²) in [6.45, 7) is 0. The Balaban J connectivity index is 1.32. The fourth-order valence-electron chi connectivity index (χ4n) is 5.53. The van der Waals surface area contributed by atoms with Crippen molar-refractivity contribution in [3.05, 3.63) is 177 Å². The van der Waals surface area contributed by atoms with Gasteiger partial charge in [-0.15, -0.1) is 0 Å². The molecule has 0 saturated heterocycles. The average Bonchev–Trinajstić information content (AvgIpc) is 3.23. The molecular formula is C38H26. The summed E-state index contributed by atoms with van der Waals surface area (Å²) in [5, 5.41) is 0. The van der Waals surface area contributed by atoms with Gasteiger partial charge in [0.05, 0.1) is 0 Å². The van der Waals surface area contributed by atoms with E-state index >= 15 is 0 Å². The van der Waals surface area contributed by atoms with Gasteiger partial charge in [-0.1, -0.05) is 146 Å². The number of rotatable bonds is 2. The van der Waals surface area contributed by atoms with Gasteiger partial charge >= 0.3 is 0 Å². The number of fused-ring (bicyclic) bond motifs is 4. The lowest BCUT2D eigenvalue weighted by Gasteiger charge is -2.13. The first kappa shape index (κ1) is 22.3. The van der Waals surface area contributed by atoms with Crippen molar-refractivity contribution in [2.45, 2.75) is 0 Å². The molecule has 0 saturated carbocycles. The van der Waals surface area contributed by atoms with Gasteiger partial charge in [0.25, 0.3) is 0 Å². The summed E-state index contributed by atoms with van der Waals surface area (Å²) in [6.07, 6.45) is 13.5. The van der Waals surface area contributed by atoms with Crippen molar-refractivity contribution < 1.29 is 0 Å². The molecule has 5 aromatic rings. The molecule has 0 aliphatic heterocycles. The fourth-order valence-corrected chi connectivity index (χ4v) is 5.53. The van der Waals surface area contributed by atoms with Crippen LogP contribution in [0, 0.1) is 0 Å². The summed E-state index contributed by atoms with van der Waals surface area (Å²) in [5.41, 5.74) is 14.9. The van der Waals surface area contributed by atoms with Crippen molar-refractivity contribution in [3.8, 4) is 0 Å². The van der Waals surface area contributed by atoms with E-state index in [1.165, 1.54) is 66.8 Å². The largest absolute Gasteiger partial charge is 0.0616 e. The maximum atomic E-state index is 2.32. The molecule has 0 heterocycles. The maximum Gasteiger partial charge on any atom is -0.00934 e. The van der Waals surface area contributed by atoms with Gasteiger partial charge in [0, 0.05) is 0 Å². The van der Waals surface area contributed by atoms with Gasteiger partial charge in [-0.05, 0) is 78.9 Å². The van der Waals surface area contributed by atoms with Gasteiger partial charge in [-0.2, -0.15) is 0 Å². The highest BCUT2D eigenvalue weighted by molar-refractivity contribution is 6.01. The third kappa shape index (κ3) is 4.07. The summed E-state index contributed by atoms with van der Waals surface area (Å²) >= 11 is 0. The first-order chi connectivity index (χ1) is 18.8. The van der Waals surface area contributed by atoms with Crippen molar-refractivity contribution >= 4 is 47.6 Å². The Morgan fingerprint density at radius 1 is 0.289 bits per heavy atom. The molecule has 2 aliphatic rings. The predicted octanol–water partition coefficient (Wildman–Crippen LogP) is 9.83. The summed E-state index contributed by atoms with van der Waals surface area (Å²) < 4.78 is 0. The van der Waals surface area contributed by atoms with Crippen LogP contribution < -0.4 is 0 Å². The van der Waals surface area contributed by atoms with E-state index in [0.29, 0.717) is 0 Å². The Kier molecular flexibility index (Phi) is 5.57. The minimum absolute atomic E-state index is 1.19. The molecule has 0 amide bonds. The Hall–Kier alpha value is -4.94. The number of benzene rings is 5. The van der Waals surface area contributed by atoms with Crippen LogP contribution in [0.5, 0.6) is 0 Å². The Labute approximate surface area is 224 Å². The van der Waals surface area contributed by atoms with Crippen LogP contribution in [0.3, 0.4) is 0 Å². The first-order valence-electron chi connectivity index (χ1n) is 13.1. The van der Waals surface area contributed by atoms with Crippen LogP contribution in [-0.4, -0.2) is 0 Å². The normalized spacial score (nSPS) is 12.9. The highest BCUT2D eigenvalue weighted by atomic mass is 14.2. The molecule has 0 bridgehead atoms. The highest BCUT2D eigenvalue weighted by Gasteiger charge is 2.16. The molecule has 0 fully saturated rings.